The van der Waals surface area contributed by atoms with Crippen molar-refractivity contribution < 1.29 is 4.79 Å². The first-order valence-corrected chi connectivity index (χ1v) is 8.70. The molecule has 3 rings (SSSR count). The van der Waals surface area contributed by atoms with Gasteiger partial charge in [0, 0.05) is 24.7 Å². The van der Waals surface area contributed by atoms with E-state index in [0.717, 1.165) is 17.6 Å². The van der Waals surface area contributed by atoms with E-state index in [1.807, 2.05) is 66.8 Å². The van der Waals surface area contributed by atoms with Crippen molar-refractivity contribution in [3.8, 4) is 6.19 Å². The summed E-state index contributed by atoms with van der Waals surface area (Å²) >= 11 is 0. The van der Waals surface area contributed by atoms with Crippen LogP contribution in [0.2, 0.25) is 0 Å². The first-order chi connectivity index (χ1) is 12.8. The van der Waals surface area contributed by atoms with Crippen molar-refractivity contribution in [1.82, 2.24) is 10.2 Å². The Bertz CT molecular complexity index is 841. The summed E-state index contributed by atoms with van der Waals surface area (Å²) in [6.07, 6.45) is 28.5. The lowest BCUT2D eigenvalue weighted by molar-refractivity contribution is -0.117. The molecule has 1 aliphatic heterocycles. The number of nitrogens with zero attached hydrogens (tertiary/aromatic N) is 2. The monoisotopic (exact) mass is 343 g/mol. The Balaban J connectivity index is 1.65. The summed E-state index contributed by atoms with van der Waals surface area (Å²) in [6, 6.07) is 0.0297. The molecule has 1 fully saturated rings. The molecule has 4 nitrogen and oxygen atoms in total. The van der Waals surface area contributed by atoms with Crippen LogP contribution < -0.4 is 5.32 Å². The van der Waals surface area contributed by atoms with Crippen LogP contribution in [0.15, 0.2) is 95.7 Å². The average molecular weight is 343 g/mol. The number of nitriles is 1. The Hall–Kier alpha value is -3.32. The maximum atomic E-state index is 12.5. The van der Waals surface area contributed by atoms with Gasteiger partial charge in [-0.25, -0.2) is 0 Å². The van der Waals surface area contributed by atoms with E-state index in [9.17, 15) is 4.79 Å². The van der Waals surface area contributed by atoms with Gasteiger partial charge in [0.05, 0.1) is 0 Å². The SMILES string of the molecule is N#CN1CC[C@@H](NC(=O)C2=C\C=C/C(/C3=C\C=C/C=C\C=C3)=C\C=C2)C1. The van der Waals surface area contributed by atoms with Crippen LogP contribution in [0.25, 0.3) is 0 Å². The molecule has 0 aromatic heterocycles. The Morgan fingerprint density at radius 2 is 1.65 bits per heavy atom. The molecule has 0 spiro atoms. The standard InChI is InChI=1S/C22H21N3O/c23-17-25-15-14-21(16-25)24-22(26)20-12-6-10-19(11-7-13-20)18-8-4-2-1-3-5-9-18/h1-13,21H,14-16H2,(H,24,26)/b2-1-,3-1?,4-2?,5-3-,8-4?,9-5?,10-6-,11-7?,12-6?,13-7?,18-8?,18-9-,19-10?,19-11+,20-12?,20-13?/t21-/m1/s1. The normalized spacial score (nSPS) is 29.4. The summed E-state index contributed by atoms with van der Waals surface area (Å²) in [5.74, 6) is -0.106. The van der Waals surface area contributed by atoms with Crippen LogP contribution in [0, 0.1) is 11.5 Å². The number of carbonyl (C=O) groups excluding carboxylic acids is 1. The predicted octanol–water partition coefficient (Wildman–Crippen LogP) is 3.25. The summed E-state index contributed by atoms with van der Waals surface area (Å²) in [4.78, 5) is 14.1. The molecule has 130 valence electrons. The highest BCUT2D eigenvalue weighted by Gasteiger charge is 2.23. The topological polar surface area (TPSA) is 56.1 Å². The van der Waals surface area contributed by atoms with Crippen molar-refractivity contribution in [3.63, 3.8) is 0 Å². The van der Waals surface area contributed by atoms with Crippen LogP contribution in [0.3, 0.4) is 0 Å². The van der Waals surface area contributed by atoms with E-state index in [1.54, 1.807) is 4.90 Å². The quantitative estimate of drug-likeness (QED) is 0.801. The van der Waals surface area contributed by atoms with Crippen molar-refractivity contribution >= 4 is 5.91 Å². The molecule has 0 radical (unpaired) electrons. The molecule has 26 heavy (non-hydrogen) atoms. The van der Waals surface area contributed by atoms with E-state index in [4.69, 9.17) is 5.26 Å². The molecular weight excluding hydrogens is 322 g/mol. The fourth-order valence-corrected chi connectivity index (χ4v) is 2.96. The van der Waals surface area contributed by atoms with Gasteiger partial charge in [-0.15, -0.1) is 0 Å². The lowest BCUT2D eigenvalue weighted by Gasteiger charge is -2.13. The Labute approximate surface area is 154 Å². The second-order valence-electron chi connectivity index (χ2n) is 6.22. The van der Waals surface area contributed by atoms with Crippen LogP contribution in [-0.2, 0) is 4.79 Å². The van der Waals surface area contributed by atoms with Gasteiger partial charge in [-0.1, -0.05) is 66.8 Å². The number of amides is 1. The van der Waals surface area contributed by atoms with E-state index in [1.165, 1.54) is 0 Å². The summed E-state index contributed by atoms with van der Waals surface area (Å²) in [6.45, 7) is 1.29. The minimum Gasteiger partial charge on any atom is -0.347 e. The van der Waals surface area contributed by atoms with E-state index in [2.05, 4.69) is 23.7 Å². The molecule has 0 aromatic rings. The van der Waals surface area contributed by atoms with E-state index < -0.39 is 0 Å². The number of hydrogen-bond acceptors (Lipinski definition) is 3. The van der Waals surface area contributed by atoms with Crippen molar-refractivity contribution in [2.45, 2.75) is 12.5 Å². The highest BCUT2D eigenvalue weighted by Crippen LogP contribution is 2.18. The number of likely N-dealkylation sites (tertiary alicyclic amines) is 1. The second kappa shape index (κ2) is 8.68. The molecule has 4 heteroatoms. The number of rotatable bonds is 3. The lowest BCUT2D eigenvalue weighted by atomic mass is 10.0. The maximum Gasteiger partial charge on any atom is 0.251 e. The third-order valence-corrected chi connectivity index (χ3v) is 4.36. The van der Waals surface area contributed by atoms with Crippen molar-refractivity contribution in [2.24, 2.45) is 0 Å². The van der Waals surface area contributed by atoms with Gasteiger partial charge >= 0.3 is 0 Å². The number of allylic oxidation sites excluding steroid dienone is 14. The summed E-state index contributed by atoms with van der Waals surface area (Å²) < 4.78 is 0. The largest absolute Gasteiger partial charge is 0.347 e. The van der Waals surface area contributed by atoms with Gasteiger partial charge in [-0.05, 0) is 29.7 Å². The van der Waals surface area contributed by atoms with Crippen molar-refractivity contribution in [2.75, 3.05) is 13.1 Å². The molecule has 3 aliphatic rings. The fourth-order valence-electron chi connectivity index (χ4n) is 2.96. The molecular formula is C22H21N3O. The van der Waals surface area contributed by atoms with Gasteiger partial charge in [-0.2, -0.15) is 5.26 Å². The average Bonchev–Trinajstić information content (AvgIpc) is 3.03. The molecule has 0 unspecified atom stereocenters. The molecule has 0 aromatic carbocycles. The van der Waals surface area contributed by atoms with Gasteiger partial charge in [0.2, 0.25) is 0 Å². The molecule has 0 bridgehead atoms. The zero-order chi connectivity index (χ0) is 18.2. The molecule has 1 N–H and O–H groups in total. The number of hydrogen-bond donors (Lipinski definition) is 1. The van der Waals surface area contributed by atoms with Gasteiger partial charge in [0.1, 0.15) is 0 Å². The number of carbonyl (C=O) groups is 1. The summed E-state index contributed by atoms with van der Waals surface area (Å²) in [5.41, 5.74) is 2.79. The van der Waals surface area contributed by atoms with Crippen molar-refractivity contribution in [1.29, 1.82) is 5.26 Å². The van der Waals surface area contributed by atoms with Gasteiger partial charge < -0.3 is 10.2 Å². The third kappa shape index (κ3) is 4.61. The van der Waals surface area contributed by atoms with Gasteiger partial charge in [-0.3, -0.25) is 4.79 Å². The second-order valence-corrected chi connectivity index (χ2v) is 6.22. The first kappa shape index (κ1) is 17.5. The Morgan fingerprint density at radius 1 is 0.962 bits per heavy atom. The molecule has 1 atom stereocenters. The summed E-state index contributed by atoms with van der Waals surface area (Å²) in [5, 5.41) is 11.9. The molecule has 0 saturated carbocycles. The lowest BCUT2D eigenvalue weighted by Crippen LogP contribution is -2.37. The molecule has 1 saturated heterocycles. The third-order valence-electron chi connectivity index (χ3n) is 4.36. The molecule has 2 aliphatic carbocycles. The highest BCUT2D eigenvalue weighted by molar-refractivity contribution is 5.96. The molecule has 1 heterocycles. The highest BCUT2D eigenvalue weighted by atomic mass is 16.1. The van der Waals surface area contributed by atoms with Crippen LogP contribution in [0.5, 0.6) is 0 Å². The van der Waals surface area contributed by atoms with Gasteiger partial charge in [0.25, 0.3) is 5.91 Å². The van der Waals surface area contributed by atoms with E-state index >= 15 is 0 Å². The van der Waals surface area contributed by atoms with Crippen molar-refractivity contribution in [3.05, 3.63) is 95.7 Å². The van der Waals surface area contributed by atoms with Crippen LogP contribution in [-0.4, -0.2) is 29.9 Å². The maximum absolute atomic E-state index is 12.5. The van der Waals surface area contributed by atoms with Crippen LogP contribution in [0.4, 0.5) is 0 Å². The van der Waals surface area contributed by atoms with E-state index in [-0.39, 0.29) is 11.9 Å². The Kier molecular flexibility index (Phi) is 5.84. The van der Waals surface area contributed by atoms with Gasteiger partial charge in [0.15, 0.2) is 6.19 Å². The van der Waals surface area contributed by atoms with Crippen LogP contribution >= 0.6 is 0 Å². The zero-order valence-electron chi connectivity index (χ0n) is 14.5. The predicted molar refractivity (Wildman–Crippen MR) is 104 cm³/mol. The minimum atomic E-state index is -0.106. The summed E-state index contributed by atoms with van der Waals surface area (Å²) in [7, 11) is 0. The Morgan fingerprint density at radius 3 is 2.46 bits per heavy atom. The van der Waals surface area contributed by atoms with E-state index in [0.29, 0.717) is 18.7 Å². The molecule has 1 amide bonds. The fraction of sp³-hybridized carbons (Fsp3) is 0.182. The van der Waals surface area contributed by atoms with Crippen LogP contribution in [0.1, 0.15) is 6.42 Å². The first-order valence-electron chi connectivity index (χ1n) is 8.70. The minimum absolute atomic E-state index is 0.0297. The zero-order valence-corrected chi connectivity index (χ0v) is 14.5. The number of nitrogens with one attached hydrogen (secondary N) is 1. The smallest absolute Gasteiger partial charge is 0.251 e.